The van der Waals surface area contributed by atoms with E-state index >= 15 is 0 Å². The fourth-order valence-electron chi connectivity index (χ4n) is 1.66. The monoisotopic (exact) mass is 381 g/mol. The average Bonchev–Trinajstić information content (AvgIpc) is 3.00. The number of hydrazone groups is 1. The summed E-state index contributed by atoms with van der Waals surface area (Å²) in [4.78, 5) is 15.6. The van der Waals surface area contributed by atoms with Crippen molar-refractivity contribution in [1.29, 1.82) is 0 Å². The van der Waals surface area contributed by atoms with Crippen LogP contribution >= 0.6 is 15.9 Å². The predicted molar refractivity (Wildman–Crippen MR) is 88.0 cm³/mol. The highest BCUT2D eigenvalue weighted by atomic mass is 79.9. The summed E-state index contributed by atoms with van der Waals surface area (Å²) < 4.78 is 16.5. The molecular formula is C15H16BrN3O4. The molecule has 0 bridgehead atoms. The molecule has 0 spiro atoms. The summed E-state index contributed by atoms with van der Waals surface area (Å²) in [7, 11) is 0. The van der Waals surface area contributed by atoms with Gasteiger partial charge in [0.05, 0.1) is 19.4 Å². The lowest BCUT2D eigenvalue weighted by Crippen LogP contribution is -2.17. The summed E-state index contributed by atoms with van der Waals surface area (Å²) >= 11 is 3.41. The number of amides is 1. The normalized spacial score (nSPS) is 10.7. The third-order valence-electron chi connectivity index (χ3n) is 2.61. The summed E-state index contributed by atoms with van der Waals surface area (Å²) in [5.74, 6) is 0.225. The molecule has 1 aromatic carbocycles. The van der Waals surface area contributed by atoms with E-state index in [9.17, 15) is 4.79 Å². The van der Waals surface area contributed by atoms with E-state index in [2.05, 4.69) is 31.4 Å². The van der Waals surface area contributed by atoms with Gasteiger partial charge in [-0.1, -0.05) is 15.9 Å². The molecule has 0 unspecified atom stereocenters. The Morgan fingerprint density at radius 3 is 2.91 bits per heavy atom. The van der Waals surface area contributed by atoms with Gasteiger partial charge in [0.25, 0.3) is 5.89 Å². The van der Waals surface area contributed by atoms with Crippen LogP contribution in [-0.4, -0.2) is 30.3 Å². The highest BCUT2D eigenvalue weighted by Crippen LogP contribution is 2.21. The van der Waals surface area contributed by atoms with Gasteiger partial charge in [0, 0.05) is 10.0 Å². The lowest BCUT2D eigenvalue weighted by Gasteiger charge is -2.05. The summed E-state index contributed by atoms with van der Waals surface area (Å²) in [6.07, 6.45) is 2.83. The Kier molecular flexibility index (Phi) is 6.16. The highest BCUT2D eigenvalue weighted by Gasteiger charge is 2.12. The maximum Gasteiger partial charge on any atom is 0.327 e. The lowest BCUT2D eigenvalue weighted by atomic mass is 10.2. The van der Waals surface area contributed by atoms with Gasteiger partial charge in [0.15, 0.2) is 0 Å². The number of aromatic nitrogens is 1. The van der Waals surface area contributed by atoms with Crippen molar-refractivity contribution in [2.75, 3.05) is 13.2 Å². The van der Waals surface area contributed by atoms with Gasteiger partial charge in [-0.3, -0.25) is 4.79 Å². The summed E-state index contributed by atoms with van der Waals surface area (Å²) in [6.45, 7) is 4.71. The van der Waals surface area contributed by atoms with E-state index in [0.717, 1.165) is 15.8 Å². The lowest BCUT2D eigenvalue weighted by molar-refractivity contribution is 0.0912. The van der Waals surface area contributed by atoms with Crippen molar-refractivity contribution in [3.05, 3.63) is 40.3 Å². The molecule has 2 aromatic rings. The topological polar surface area (TPSA) is 86.0 Å². The fraction of sp³-hybridized carbons (Fsp3) is 0.267. The van der Waals surface area contributed by atoms with Crippen LogP contribution in [0.4, 0.5) is 0 Å². The number of rotatable bonds is 7. The van der Waals surface area contributed by atoms with E-state index < -0.39 is 5.91 Å². The molecule has 1 N–H and O–H groups in total. The third kappa shape index (κ3) is 4.82. The van der Waals surface area contributed by atoms with Crippen LogP contribution in [0.2, 0.25) is 0 Å². The van der Waals surface area contributed by atoms with Crippen LogP contribution in [0, 0.1) is 0 Å². The molecular weight excluding hydrogens is 366 g/mol. The van der Waals surface area contributed by atoms with Gasteiger partial charge < -0.3 is 13.9 Å². The van der Waals surface area contributed by atoms with Crippen LogP contribution < -0.4 is 14.9 Å². The zero-order valence-electron chi connectivity index (χ0n) is 12.7. The average molecular weight is 382 g/mol. The molecule has 23 heavy (non-hydrogen) atoms. The third-order valence-corrected chi connectivity index (χ3v) is 3.34. The van der Waals surface area contributed by atoms with E-state index in [1.165, 1.54) is 12.4 Å². The minimum atomic E-state index is -0.565. The largest absolute Gasteiger partial charge is 0.494 e. The number of ether oxygens (including phenoxy) is 2. The molecule has 1 aromatic heterocycles. The molecule has 1 heterocycles. The molecule has 8 heteroatoms. The minimum absolute atomic E-state index is 0.118. The second-order valence-electron chi connectivity index (χ2n) is 4.23. The van der Waals surface area contributed by atoms with Crippen molar-refractivity contribution in [3.8, 4) is 11.7 Å². The van der Waals surface area contributed by atoms with E-state index in [1.807, 2.05) is 25.1 Å². The number of hydrogen-bond donors (Lipinski definition) is 1. The van der Waals surface area contributed by atoms with Crippen molar-refractivity contribution < 1.29 is 18.7 Å². The molecule has 0 atom stereocenters. The number of oxazole rings is 1. The van der Waals surface area contributed by atoms with E-state index in [1.54, 1.807) is 6.92 Å². The summed E-state index contributed by atoms with van der Waals surface area (Å²) in [5, 5.41) is 3.88. The molecule has 0 aliphatic carbocycles. The maximum atomic E-state index is 11.8. The number of nitrogens with zero attached hydrogens (tertiary/aromatic N) is 2. The molecule has 1 amide bonds. The van der Waals surface area contributed by atoms with Crippen molar-refractivity contribution in [3.63, 3.8) is 0 Å². The second kappa shape index (κ2) is 8.33. The van der Waals surface area contributed by atoms with E-state index in [-0.39, 0.29) is 11.8 Å². The molecule has 0 saturated heterocycles. The van der Waals surface area contributed by atoms with Gasteiger partial charge in [0.1, 0.15) is 11.9 Å². The Labute approximate surface area is 141 Å². The maximum absolute atomic E-state index is 11.8. The van der Waals surface area contributed by atoms with Crippen LogP contribution in [0.3, 0.4) is 0 Å². The first-order valence-electron chi connectivity index (χ1n) is 6.98. The molecule has 0 aliphatic heterocycles. The van der Waals surface area contributed by atoms with Gasteiger partial charge in [-0.15, -0.1) is 0 Å². The molecule has 122 valence electrons. The van der Waals surface area contributed by atoms with Gasteiger partial charge in [-0.2, -0.15) is 5.10 Å². The Balaban J connectivity index is 2.00. The van der Waals surface area contributed by atoms with Crippen LogP contribution in [0.25, 0.3) is 0 Å². The minimum Gasteiger partial charge on any atom is -0.494 e. The first-order valence-corrected chi connectivity index (χ1v) is 7.77. The standard InChI is InChI=1S/C15H16BrN3O4/c1-3-21-11-5-6-12(16)10(7-11)8-18-19-14(20)15-17-9-13(23-15)22-4-2/h5-9H,3-4H2,1-2H3,(H,19,20)/b18-8+. The molecule has 0 fully saturated rings. The van der Waals surface area contributed by atoms with E-state index in [4.69, 9.17) is 13.9 Å². The first kappa shape index (κ1) is 17.0. The number of benzene rings is 1. The van der Waals surface area contributed by atoms with Crippen molar-refractivity contribution in [2.45, 2.75) is 13.8 Å². The fourth-order valence-corrected chi connectivity index (χ4v) is 2.01. The van der Waals surface area contributed by atoms with Crippen molar-refractivity contribution in [2.24, 2.45) is 5.10 Å². The van der Waals surface area contributed by atoms with Gasteiger partial charge in [-0.25, -0.2) is 10.4 Å². The van der Waals surface area contributed by atoms with Crippen molar-refractivity contribution >= 4 is 28.1 Å². The Morgan fingerprint density at radius 2 is 2.17 bits per heavy atom. The Bertz CT molecular complexity index is 700. The quantitative estimate of drug-likeness (QED) is 0.588. The summed E-state index contributed by atoms with van der Waals surface area (Å²) in [5.41, 5.74) is 3.10. The number of carbonyl (C=O) groups is 1. The first-order chi connectivity index (χ1) is 11.1. The second-order valence-corrected chi connectivity index (χ2v) is 5.09. The van der Waals surface area contributed by atoms with Crippen molar-refractivity contribution in [1.82, 2.24) is 10.4 Å². The van der Waals surface area contributed by atoms with Crippen LogP contribution in [0.15, 0.2) is 38.4 Å². The zero-order valence-corrected chi connectivity index (χ0v) is 14.3. The van der Waals surface area contributed by atoms with Crippen LogP contribution in [0.1, 0.15) is 30.1 Å². The van der Waals surface area contributed by atoms with Crippen LogP contribution in [0.5, 0.6) is 11.7 Å². The molecule has 0 aliphatic rings. The Hall–Kier alpha value is -2.35. The molecule has 2 rings (SSSR count). The number of nitrogens with one attached hydrogen (secondary N) is 1. The zero-order chi connectivity index (χ0) is 16.7. The Morgan fingerprint density at radius 1 is 1.39 bits per heavy atom. The van der Waals surface area contributed by atoms with Gasteiger partial charge in [-0.05, 0) is 32.0 Å². The molecule has 7 nitrogen and oxygen atoms in total. The van der Waals surface area contributed by atoms with Gasteiger partial charge in [0.2, 0.25) is 0 Å². The van der Waals surface area contributed by atoms with Crippen LogP contribution in [-0.2, 0) is 0 Å². The number of carbonyl (C=O) groups excluding carboxylic acids is 1. The number of halogens is 1. The molecule has 0 radical (unpaired) electrons. The van der Waals surface area contributed by atoms with Gasteiger partial charge >= 0.3 is 11.9 Å². The smallest absolute Gasteiger partial charge is 0.327 e. The van der Waals surface area contributed by atoms with E-state index in [0.29, 0.717) is 13.2 Å². The predicted octanol–water partition coefficient (Wildman–Crippen LogP) is 3.00. The summed E-state index contributed by atoms with van der Waals surface area (Å²) in [6, 6.07) is 5.49. The number of hydrogen-bond acceptors (Lipinski definition) is 6. The molecule has 0 saturated carbocycles. The highest BCUT2D eigenvalue weighted by molar-refractivity contribution is 9.10. The SMILES string of the molecule is CCOc1ccc(Br)c(/C=N/NC(=O)c2ncc(OCC)o2)c1.